The summed E-state index contributed by atoms with van der Waals surface area (Å²) in [6.07, 6.45) is 0.715. The first-order valence-electron chi connectivity index (χ1n) is 5.94. The predicted molar refractivity (Wildman–Crippen MR) is 71.0 cm³/mol. The molecule has 0 saturated carbocycles. The molecule has 0 amide bonds. The fourth-order valence-corrected chi connectivity index (χ4v) is 3.82. The third-order valence-electron chi connectivity index (χ3n) is 3.13. The first-order chi connectivity index (χ1) is 9.18. The topological polar surface area (TPSA) is 83.6 Å². The van der Waals surface area contributed by atoms with Gasteiger partial charge in [-0.1, -0.05) is 0 Å². The molecule has 0 spiro atoms. The molecule has 0 aromatic heterocycles. The maximum absolute atomic E-state index is 12.7. The molecule has 2 rings (SSSR count). The van der Waals surface area contributed by atoms with E-state index >= 15 is 0 Å². The van der Waals surface area contributed by atoms with Crippen molar-refractivity contribution in [3.63, 3.8) is 0 Å². The number of hydrogen-bond acceptors (Lipinski definition) is 5. The van der Waals surface area contributed by atoms with Crippen molar-refractivity contribution in [3.05, 3.63) is 24.3 Å². The van der Waals surface area contributed by atoms with Gasteiger partial charge in [0.1, 0.15) is 0 Å². The number of likely N-dealkylation sites (N-methyl/N-ethyl adjacent to an activating group) is 1. The maximum Gasteiger partial charge on any atom is 0.332 e. The molecule has 1 heterocycles. The highest BCUT2D eigenvalue weighted by molar-refractivity contribution is 7.89. The molecular formula is C11H15FN2O4S2. The van der Waals surface area contributed by atoms with Gasteiger partial charge in [-0.25, -0.2) is 13.1 Å². The van der Waals surface area contributed by atoms with E-state index in [2.05, 4.69) is 4.72 Å². The van der Waals surface area contributed by atoms with E-state index in [0.717, 1.165) is 30.8 Å². The number of benzene rings is 1. The van der Waals surface area contributed by atoms with Crippen LogP contribution in [0.4, 0.5) is 3.89 Å². The zero-order chi connectivity index (χ0) is 15.0. The minimum atomic E-state index is -4.82. The van der Waals surface area contributed by atoms with E-state index in [1.807, 2.05) is 11.9 Å². The Hall–Kier alpha value is -1.03. The van der Waals surface area contributed by atoms with Gasteiger partial charge in [0.05, 0.1) is 9.79 Å². The lowest BCUT2D eigenvalue weighted by Gasteiger charge is -2.13. The van der Waals surface area contributed by atoms with Crippen LogP contribution in [-0.2, 0) is 20.2 Å². The van der Waals surface area contributed by atoms with Gasteiger partial charge in [0.25, 0.3) is 0 Å². The van der Waals surface area contributed by atoms with Crippen molar-refractivity contribution in [2.24, 2.45) is 0 Å². The Kier molecular flexibility index (Phi) is 4.14. The first-order valence-corrected chi connectivity index (χ1v) is 8.81. The number of nitrogens with one attached hydrogen (secondary N) is 1. The lowest BCUT2D eigenvalue weighted by Crippen LogP contribution is -2.36. The quantitative estimate of drug-likeness (QED) is 0.808. The second-order valence-corrected chi connectivity index (χ2v) is 7.84. The van der Waals surface area contributed by atoms with Gasteiger partial charge in [-0.05, 0) is 44.3 Å². The number of halogens is 1. The average molecular weight is 322 g/mol. The van der Waals surface area contributed by atoms with Crippen molar-refractivity contribution in [2.45, 2.75) is 22.3 Å². The van der Waals surface area contributed by atoms with Crippen LogP contribution >= 0.6 is 0 Å². The summed E-state index contributed by atoms with van der Waals surface area (Å²) in [4.78, 5) is 1.36. The summed E-state index contributed by atoms with van der Waals surface area (Å²) < 4.78 is 60.8. The largest absolute Gasteiger partial charge is 0.332 e. The molecule has 1 aromatic carbocycles. The Morgan fingerprint density at radius 1 is 1.15 bits per heavy atom. The minimum absolute atomic E-state index is 0.0838. The molecule has 9 heteroatoms. The zero-order valence-electron chi connectivity index (χ0n) is 10.8. The Balaban J connectivity index is 2.18. The number of rotatable bonds is 4. The highest BCUT2D eigenvalue weighted by Gasteiger charge is 2.25. The van der Waals surface area contributed by atoms with Crippen LogP contribution in [0.15, 0.2) is 34.1 Å². The van der Waals surface area contributed by atoms with Crippen LogP contribution in [0.25, 0.3) is 0 Å². The van der Waals surface area contributed by atoms with Crippen LogP contribution in [-0.4, -0.2) is 47.9 Å². The fraction of sp³-hybridized carbons (Fsp3) is 0.455. The molecule has 1 N–H and O–H groups in total. The zero-order valence-corrected chi connectivity index (χ0v) is 12.4. The van der Waals surface area contributed by atoms with Crippen molar-refractivity contribution >= 4 is 20.2 Å². The molecule has 6 nitrogen and oxygen atoms in total. The second kappa shape index (κ2) is 5.40. The molecule has 1 fully saturated rings. The van der Waals surface area contributed by atoms with Crippen molar-refractivity contribution in [3.8, 4) is 0 Å². The first kappa shape index (κ1) is 15.4. The van der Waals surface area contributed by atoms with E-state index < -0.39 is 25.1 Å². The van der Waals surface area contributed by atoms with Gasteiger partial charge >= 0.3 is 10.2 Å². The third kappa shape index (κ3) is 3.54. The van der Waals surface area contributed by atoms with Crippen LogP contribution < -0.4 is 4.72 Å². The number of nitrogens with zero attached hydrogens (tertiary/aromatic N) is 1. The molecule has 1 atom stereocenters. The Labute approximate surface area is 117 Å². The SMILES string of the molecule is CN1CCC(NS(=O)(=O)c2ccc(S(=O)(=O)F)cc2)C1. The third-order valence-corrected chi connectivity index (χ3v) is 5.50. The smallest absolute Gasteiger partial charge is 0.305 e. The number of likely N-dealkylation sites (tertiary alicyclic amines) is 1. The molecule has 1 unspecified atom stereocenters. The van der Waals surface area contributed by atoms with Gasteiger partial charge in [-0.3, -0.25) is 0 Å². The summed E-state index contributed by atoms with van der Waals surface area (Å²) in [5, 5.41) is 0. The van der Waals surface area contributed by atoms with Crippen molar-refractivity contribution in [1.29, 1.82) is 0 Å². The summed E-state index contributed by atoms with van der Waals surface area (Å²) in [6, 6.07) is 3.85. The van der Waals surface area contributed by atoms with Gasteiger partial charge in [0.2, 0.25) is 10.0 Å². The normalized spacial score (nSPS) is 21.2. The molecule has 1 aliphatic rings. The van der Waals surface area contributed by atoms with E-state index in [0.29, 0.717) is 13.0 Å². The van der Waals surface area contributed by atoms with Gasteiger partial charge < -0.3 is 4.90 Å². The highest BCUT2D eigenvalue weighted by atomic mass is 32.3. The van der Waals surface area contributed by atoms with Gasteiger partial charge in [-0.2, -0.15) is 8.42 Å². The van der Waals surface area contributed by atoms with Crippen LogP contribution in [0.1, 0.15) is 6.42 Å². The van der Waals surface area contributed by atoms with E-state index in [4.69, 9.17) is 0 Å². The summed E-state index contributed by atoms with van der Waals surface area (Å²) in [7, 11) is -6.64. The molecule has 1 aromatic rings. The minimum Gasteiger partial charge on any atom is -0.305 e. The molecule has 20 heavy (non-hydrogen) atoms. The van der Waals surface area contributed by atoms with Gasteiger partial charge in [-0.15, -0.1) is 3.89 Å². The molecule has 112 valence electrons. The van der Waals surface area contributed by atoms with Crippen molar-refractivity contribution < 1.29 is 20.7 Å². The summed E-state index contributed by atoms with van der Waals surface area (Å²) in [6.45, 7) is 1.43. The average Bonchev–Trinajstić information content (AvgIpc) is 2.73. The lowest BCUT2D eigenvalue weighted by atomic mass is 10.3. The Bertz CT molecular complexity index is 686. The Morgan fingerprint density at radius 3 is 2.15 bits per heavy atom. The van der Waals surface area contributed by atoms with Gasteiger partial charge in [0.15, 0.2) is 0 Å². The maximum atomic E-state index is 12.7. The van der Waals surface area contributed by atoms with E-state index in [1.165, 1.54) is 0 Å². The highest BCUT2D eigenvalue weighted by Crippen LogP contribution is 2.17. The summed E-state index contributed by atoms with van der Waals surface area (Å²) in [5.41, 5.74) is 0. The second-order valence-electron chi connectivity index (χ2n) is 4.78. The summed E-state index contributed by atoms with van der Waals surface area (Å²) in [5.74, 6) is 0. The van der Waals surface area contributed by atoms with E-state index in [-0.39, 0.29) is 10.9 Å². The molecule has 1 saturated heterocycles. The lowest BCUT2D eigenvalue weighted by molar-refractivity contribution is 0.407. The molecule has 1 aliphatic heterocycles. The van der Waals surface area contributed by atoms with E-state index in [9.17, 15) is 20.7 Å². The standard InChI is InChI=1S/C11H15FN2O4S2/c1-14-7-6-9(8-14)13-20(17,18)11-4-2-10(3-5-11)19(12,15)16/h2-5,9,13H,6-8H2,1H3. The van der Waals surface area contributed by atoms with Crippen LogP contribution in [0.2, 0.25) is 0 Å². The van der Waals surface area contributed by atoms with Gasteiger partial charge in [0, 0.05) is 12.6 Å². The fourth-order valence-electron chi connectivity index (χ4n) is 2.10. The molecule has 0 aliphatic carbocycles. The Morgan fingerprint density at radius 2 is 1.70 bits per heavy atom. The molecule has 0 bridgehead atoms. The predicted octanol–water partition coefficient (Wildman–Crippen LogP) is 0.327. The molecular weight excluding hydrogens is 307 g/mol. The summed E-state index contributed by atoms with van der Waals surface area (Å²) >= 11 is 0. The van der Waals surface area contributed by atoms with Crippen LogP contribution in [0.5, 0.6) is 0 Å². The van der Waals surface area contributed by atoms with Crippen molar-refractivity contribution in [2.75, 3.05) is 20.1 Å². The van der Waals surface area contributed by atoms with Crippen molar-refractivity contribution in [1.82, 2.24) is 9.62 Å². The van der Waals surface area contributed by atoms with Crippen LogP contribution in [0.3, 0.4) is 0 Å². The van der Waals surface area contributed by atoms with Crippen LogP contribution in [0, 0.1) is 0 Å². The number of sulfonamides is 1. The monoisotopic (exact) mass is 322 g/mol. The number of hydrogen-bond donors (Lipinski definition) is 1. The molecule has 0 radical (unpaired) electrons. The van der Waals surface area contributed by atoms with E-state index in [1.54, 1.807) is 0 Å².